The first-order chi connectivity index (χ1) is 20.0. The number of aromatic amines is 1. The van der Waals surface area contributed by atoms with Crippen molar-refractivity contribution in [2.45, 2.75) is 6.92 Å². The third-order valence-electron chi connectivity index (χ3n) is 6.56. The largest absolute Gasteiger partial charge is 0.361 e. The van der Waals surface area contributed by atoms with Crippen molar-refractivity contribution in [1.29, 1.82) is 0 Å². The van der Waals surface area contributed by atoms with Crippen LogP contribution in [0.5, 0.6) is 0 Å². The van der Waals surface area contributed by atoms with E-state index in [4.69, 9.17) is 0 Å². The van der Waals surface area contributed by atoms with Gasteiger partial charge in [0, 0.05) is 28.2 Å². The number of hydrogen-bond acceptors (Lipinski definition) is 0. The maximum atomic E-state index is 15.2. The summed E-state index contributed by atoms with van der Waals surface area (Å²) in [5, 5.41) is -1.20. The first-order valence-electron chi connectivity index (χ1n) is 11.2. The minimum absolute atomic E-state index is 0.445. The summed E-state index contributed by atoms with van der Waals surface area (Å²) in [6, 6.07) is 0.716. The van der Waals surface area contributed by atoms with E-state index < -0.39 is 137 Å². The van der Waals surface area contributed by atoms with E-state index in [1.165, 1.54) is 0 Å². The van der Waals surface area contributed by atoms with Gasteiger partial charge in [0.2, 0.25) is 17.5 Å². The summed E-state index contributed by atoms with van der Waals surface area (Å²) in [5.41, 5.74) is -11.6. The van der Waals surface area contributed by atoms with E-state index in [0.717, 1.165) is 6.92 Å². The van der Waals surface area contributed by atoms with E-state index in [9.17, 15) is 48.3 Å². The summed E-state index contributed by atoms with van der Waals surface area (Å²) in [4.78, 5) is 2.19. The molecule has 0 atom stereocenters. The molecule has 0 saturated carbocycles. The number of H-pyrrole nitrogens is 1. The van der Waals surface area contributed by atoms with Gasteiger partial charge in [-0.15, -0.1) is 0 Å². The molecule has 0 fully saturated rings. The van der Waals surface area contributed by atoms with Gasteiger partial charge in [-0.3, -0.25) is 0 Å². The third-order valence-corrected chi connectivity index (χ3v) is 6.56. The van der Waals surface area contributed by atoms with Crippen LogP contribution in [-0.4, -0.2) is 4.98 Å². The van der Waals surface area contributed by atoms with E-state index in [1.54, 1.807) is 0 Å². The van der Waals surface area contributed by atoms with Crippen molar-refractivity contribution in [3.8, 4) is 33.4 Å². The first kappa shape index (κ1) is 29.8. The van der Waals surface area contributed by atoms with Crippen LogP contribution in [0.4, 0.5) is 65.9 Å². The first-order valence-corrected chi connectivity index (χ1v) is 11.2. The molecule has 0 aliphatic carbocycles. The molecule has 1 N–H and O–H groups in total. The molecule has 4 aromatic carbocycles. The molecule has 1 nitrogen and oxygen atoms in total. The molecule has 5 rings (SSSR count). The van der Waals surface area contributed by atoms with E-state index in [-0.39, 0.29) is 0 Å². The Morgan fingerprint density at radius 3 is 1.05 bits per heavy atom. The summed E-state index contributed by atoms with van der Waals surface area (Å²) in [5.74, 6) is -39.8. The Morgan fingerprint density at radius 2 is 0.674 bits per heavy atom. The molecule has 1 heterocycles. The van der Waals surface area contributed by atoms with Crippen molar-refractivity contribution in [1.82, 2.24) is 4.98 Å². The number of fused-ring (bicyclic) bond motifs is 1. The predicted molar refractivity (Wildman–Crippen MR) is 119 cm³/mol. The fraction of sp³-hybridized carbons (Fsp3) is 0.0370. The van der Waals surface area contributed by atoms with Gasteiger partial charge in [-0.05, 0) is 24.1 Å². The second-order valence-corrected chi connectivity index (χ2v) is 8.90. The number of aromatic nitrogens is 1. The van der Waals surface area contributed by atoms with Crippen molar-refractivity contribution in [2.75, 3.05) is 0 Å². The van der Waals surface area contributed by atoms with Crippen molar-refractivity contribution in [2.24, 2.45) is 0 Å². The lowest BCUT2D eigenvalue weighted by Gasteiger charge is -2.20. The number of nitrogens with one attached hydrogen (secondary N) is 1. The molecule has 0 unspecified atom stereocenters. The van der Waals surface area contributed by atoms with Gasteiger partial charge in [-0.25, -0.2) is 65.9 Å². The highest BCUT2D eigenvalue weighted by Crippen LogP contribution is 2.49. The van der Waals surface area contributed by atoms with Crippen LogP contribution < -0.4 is 0 Å². The maximum Gasteiger partial charge on any atom is 0.200 e. The second-order valence-electron chi connectivity index (χ2n) is 8.90. The van der Waals surface area contributed by atoms with Crippen molar-refractivity contribution < 1.29 is 65.9 Å². The summed E-state index contributed by atoms with van der Waals surface area (Å²) in [7, 11) is 0. The van der Waals surface area contributed by atoms with Gasteiger partial charge >= 0.3 is 0 Å². The molecule has 0 amide bonds. The Labute approximate surface area is 227 Å². The number of aryl methyl sites for hydroxylation is 1. The zero-order valence-electron chi connectivity index (χ0n) is 20.3. The fourth-order valence-corrected chi connectivity index (χ4v) is 4.69. The Balaban J connectivity index is 2.14. The zero-order chi connectivity index (χ0) is 32.0. The van der Waals surface area contributed by atoms with Gasteiger partial charge in [0.05, 0.1) is 16.7 Å². The number of benzene rings is 4. The molecule has 1 aromatic heterocycles. The number of halogens is 15. The smallest absolute Gasteiger partial charge is 0.200 e. The van der Waals surface area contributed by atoms with Crippen LogP contribution in [-0.2, 0) is 0 Å². The zero-order valence-corrected chi connectivity index (χ0v) is 20.3. The Bertz CT molecular complexity index is 1960. The van der Waals surface area contributed by atoms with Gasteiger partial charge in [-0.1, -0.05) is 0 Å². The van der Waals surface area contributed by atoms with Crippen LogP contribution in [0.25, 0.3) is 44.3 Å². The standard InChI is InChI=1S/C27H6F15N/c1-4-2-6-8(5(3-43-6)9-13(28)19(34)25(40)20(35)14(9)29)10(12-17(32)23(38)27(42)24(39)18(12)33)7(4)11-15(30)21(36)26(41)22(37)16(11)31/h2-3,43H,1H3. The average Bonchev–Trinajstić information content (AvgIpc) is 3.38. The van der Waals surface area contributed by atoms with Gasteiger partial charge < -0.3 is 4.98 Å². The molecule has 16 heteroatoms. The summed E-state index contributed by atoms with van der Waals surface area (Å²) in [6.45, 7) is 0.821. The highest BCUT2D eigenvalue weighted by atomic mass is 19.2. The van der Waals surface area contributed by atoms with Crippen LogP contribution >= 0.6 is 0 Å². The molecule has 0 radical (unpaired) electrons. The molecule has 0 saturated heterocycles. The lowest BCUT2D eigenvalue weighted by atomic mass is 9.85. The highest BCUT2D eigenvalue weighted by molar-refractivity contribution is 6.11. The van der Waals surface area contributed by atoms with Crippen LogP contribution in [0.3, 0.4) is 0 Å². The van der Waals surface area contributed by atoms with Gasteiger partial charge in [0.1, 0.15) is 0 Å². The van der Waals surface area contributed by atoms with Crippen molar-refractivity contribution in [3.63, 3.8) is 0 Å². The van der Waals surface area contributed by atoms with E-state index in [2.05, 4.69) is 4.98 Å². The van der Waals surface area contributed by atoms with E-state index in [1.807, 2.05) is 0 Å². The monoisotopic (exact) mass is 629 g/mol. The average molecular weight is 629 g/mol. The summed E-state index contributed by atoms with van der Waals surface area (Å²) >= 11 is 0. The lowest BCUT2D eigenvalue weighted by Crippen LogP contribution is -2.09. The van der Waals surface area contributed by atoms with Gasteiger partial charge in [-0.2, -0.15) is 0 Å². The Morgan fingerprint density at radius 1 is 0.372 bits per heavy atom. The van der Waals surface area contributed by atoms with E-state index >= 15 is 17.6 Å². The van der Waals surface area contributed by atoms with Crippen LogP contribution in [0.15, 0.2) is 12.3 Å². The van der Waals surface area contributed by atoms with Crippen molar-refractivity contribution in [3.05, 3.63) is 105 Å². The lowest BCUT2D eigenvalue weighted by molar-refractivity contribution is 0.380. The molecular formula is C27H6F15N. The molecule has 0 aliphatic rings. The quantitative estimate of drug-likeness (QED) is 0.116. The van der Waals surface area contributed by atoms with Gasteiger partial charge in [0.25, 0.3) is 0 Å². The minimum Gasteiger partial charge on any atom is -0.361 e. The molecule has 224 valence electrons. The number of rotatable bonds is 3. The minimum atomic E-state index is -2.76. The molecular weight excluding hydrogens is 623 g/mol. The summed E-state index contributed by atoms with van der Waals surface area (Å²) in [6.07, 6.45) is 0.445. The SMILES string of the molecule is Cc1cc2[nH]cc(-c3c(F)c(F)c(F)c(F)c3F)c2c(-c2c(F)c(F)c(F)c(F)c2F)c1-c1c(F)c(F)c(F)c(F)c1F. The maximum absolute atomic E-state index is 15.2. The molecule has 0 spiro atoms. The second kappa shape index (κ2) is 9.98. The fourth-order valence-electron chi connectivity index (χ4n) is 4.69. The highest BCUT2D eigenvalue weighted by Gasteiger charge is 2.36. The third kappa shape index (κ3) is 3.98. The van der Waals surface area contributed by atoms with Gasteiger partial charge in [0.15, 0.2) is 69.8 Å². The normalized spacial score (nSPS) is 11.7. The van der Waals surface area contributed by atoms with Crippen LogP contribution in [0, 0.1) is 94.2 Å². The molecule has 0 bridgehead atoms. The van der Waals surface area contributed by atoms with Crippen LogP contribution in [0.1, 0.15) is 5.56 Å². The number of hydrogen-bond donors (Lipinski definition) is 1. The Hall–Kier alpha value is -4.63. The Kier molecular flexibility index (Phi) is 6.93. The van der Waals surface area contributed by atoms with Crippen LogP contribution in [0.2, 0.25) is 0 Å². The topological polar surface area (TPSA) is 15.8 Å². The molecule has 0 aliphatic heterocycles. The summed E-state index contributed by atoms with van der Waals surface area (Å²) < 4.78 is 217. The molecule has 43 heavy (non-hydrogen) atoms. The predicted octanol–water partition coefficient (Wildman–Crippen LogP) is 9.56. The molecule has 5 aromatic rings. The van der Waals surface area contributed by atoms with E-state index in [0.29, 0.717) is 12.3 Å². The van der Waals surface area contributed by atoms with Crippen molar-refractivity contribution >= 4 is 10.9 Å².